The van der Waals surface area contributed by atoms with E-state index >= 15 is 0 Å². The number of hydrogen-bond donors (Lipinski definition) is 3. The van der Waals surface area contributed by atoms with Crippen LogP contribution in [-0.4, -0.2) is 53.6 Å². The highest BCUT2D eigenvalue weighted by atomic mass is 16.4. The Hall–Kier alpha value is -1.79. The smallest absolute Gasteiger partial charge is 0.317 e. The Morgan fingerprint density at radius 1 is 1.10 bits per heavy atom. The minimum absolute atomic E-state index is 0.00435. The van der Waals surface area contributed by atoms with Crippen molar-refractivity contribution in [2.24, 2.45) is 5.92 Å². The lowest BCUT2D eigenvalue weighted by Gasteiger charge is -2.31. The third-order valence-corrected chi connectivity index (χ3v) is 3.71. The van der Waals surface area contributed by atoms with Crippen LogP contribution in [0.5, 0.6) is 0 Å². The van der Waals surface area contributed by atoms with Gasteiger partial charge in [0.2, 0.25) is 5.91 Å². The van der Waals surface area contributed by atoms with Crippen molar-refractivity contribution >= 4 is 17.9 Å². The number of urea groups is 1. The molecule has 0 bridgehead atoms. The number of nitrogens with one attached hydrogen (secondary N) is 2. The van der Waals surface area contributed by atoms with E-state index in [9.17, 15) is 14.4 Å². The molecule has 0 spiro atoms. The monoisotopic (exact) mass is 283 g/mol. The van der Waals surface area contributed by atoms with Crippen LogP contribution in [0.15, 0.2) is 0 Å². The highest BCUT2D eigenvalue weighted by Gasteiger charge is 2.26. The summed E-state index contributed by atoms with van der Waals surface area (Å²) in [6.07, 6.45) is 3.62. The molecule has 0 aromatic heterocycles. The molecule has 2 aliphatic rings. The minimum Gasteiger partial charge on any atom is -0.481 e. The number of nitrogens with zero attached hydrogens (tertiary/aromatic N) is 1. The predicted octanol–water partition coefficient (Wildman–Crippen LogP) is 0.161. The van der Waals surface area contributed by atoms with Gasteiger partial charge in [-0.2, -0.15) is 0 Å². The van der Waals surface area contributed by atoms with Crippen molar-refractivity contribution in [1.82, 2.24) is 15.5 Å². The lowest BCUT2D eigenvalue weighted by molar-refractivity contribution is -0.138. The van der Waals surface area contributed by atoms with Crippen LogP contribution in [0, 0.1) is 5.92 Å². The van der Waals surface area contributed by atoms with Crippen LogP contribution in [-0.2, 0) is 9.59 Å². The zero-order valence-electron chi connectivity index (χ0n) is 11.4. The highest BCUT2D eigenvalue weighted by Crippen LogP contribution is 2.20. The second kappa shape index (κ2) is 6.58. The van der Waals surface area contributed by atoms with Crippen molar-refractivity contribution in [1.29, 1.82) is 0 Å². The van der Waals surface area contributed by atoms with E-state index in [0.717, 1.165) is 12.8 Å². The van der Waals surface area contributed by atoms with Gasteiger partial charge in [0.25, 0.3) is 0 Å². The predicted molar refractivity (Wildman–Crippen MR) is 71.1 cm³/mol. The summed E-state index contributed by atoms with van der Waals surface area (Å²) < 4.78 is 0. The molecule has 1 aliphatic carbocycles. The maximum atomic E-state index is 11.9. The molecule has 2 fully saturated rings. The van der Waals surface area contributed by atoms with Gasteiger partial charge in [0.1, 0.15) is 0 Å². The number of hydrogen-bond acceptors (Lipinski definition) is 3. The Labute approximate surface area is 117 Å². The van der Waals surface area contributed by atoms with Gasteiger partial charge < -0.3 is 20.6 Å². The standard InChI is InChI=1S/C13H21N3O4/c17-11(15-10-1-2-10)8-14-13(20)16-5-3-9(4-6-16)7-12(18)19/h9-10H,1-8H2,(H,14,20)(H,15,17)(H,18,19). The molecular formula is C13H21N3O4. The molecule has 1 heterocycles. The molecule has 1 saturated carbocycles. The van der Waals surface area contributed by atoms with Gasteiger partial charge >= 0.3 is 12.0 Å². The Balaban J connectivity index is 1.63. The summed E-state index contributed by atoms with van der Waals surface area (Å²) in [5.41, 5.74) is 0. The number of carboxylic acids is 1. The maximum absolute atomic E-state index is 11.9. The van der Waals surface area contributed by atoms with Gasteiger partial charge in [-0.1, -0.05) is 0 Å². The van der Waals surface area contributed by atoms with Crippen molar-refractivity contribution in [2.45, 2.75) is 38.1 Å². The third-order valence-electron chi connectivity index (χ3n) is 3.71. The zero-order chi connectivity index (χ0) is 14.5. The molecule has 0 radical (unpaired) electrons. The Kier molecular flexibility index (Phi) is 4.81. The van der Waals surface area contributed by atoms with Crippen LogP contribution >= 0.6 is 0 Å². The summed E-state index contributed by atoms with van der Waals surface area (Å²) in [4.78, 5) is 35.6. The first kappa shape index (κ1) is 14.6. The first-order valence-corrected chi connectivity index (χ1v) is 7.08. The number of amides is 3. The second-order valence-corrected chi connectivity index (χ2v) is 5.53. The van der Waals surface area contributed by atoms with Crippen LogP contribution in [0.1, 0.15) is 32.1 Å². The molecule has 0 unspecified atom stereocenters. The summed E-state index contributed by atoms with van der Waals surface area (Å²) in [6.45, 7) is 1.10. The van der Waals surface area contributed by atoms with E-state index in [1.54, 1.807) is 4.90 Å². The SMILES string of the molecule is O=C(O)CC1CCN(C(=O)NCC(=O)NC2CC2)CC1. The molecule has 2 rings (SSSR count). The Morgan fingerprint density at radius 3 is 2.30 bits per heavy atom. The number of carboxylic acid groups (broad SMARTS) is 1. The van der Waals surface area contributed by atoms with E-state index in [1.165, 1.54) is 0 Å². The Morgan fingerprint density at radius 2 is 1.75 bits per heavy atom. The topological polar surface area (TPSA) is 98.7 Å². The number of carbonyl (C=O) groups is 3. The lowest BCUT2D eigenvalue weighted by atomic mass is 9.94. The average Bonchev–Trinajstić information content (AvgIpc) is 3.20. The number of carbonyl (C=O) groups excluding carboxylic acids is 2. The number of piperidine rings is 1. The quantitative estimate of drug-likeness (QED) is 0.669. The molecular weight excluding hydrogens is 262 g/mol. The van der Waals surface area contributed by atoms with Crippen LogP contribution in [0.25, 0.3) is 0 Å². The van der Waals surface area contributed by atoms with E-state index in [4.69, 9.17) is 5.11 Å². The third kappa shape index (κ3) is 4.71. The number of aliphatic carboxylic acids is 1. The fourth-order valence-electron chi connectivity index (χ4n) is 2.36. The average molecular weight is 283 g/mol. The van der Waals surface area contributed by atoms with Gasteiger partial charge in [-0.15, -0.1) is 0 Å². The first-order chi connectivity index (χ1) is 9.54. The summed E-state index contributed by atoms with van der Waals surface area (Å²) in [5, 5.41) is 14.1. The van der Waals surface area contributed by atoms with Crippen molar-refractivity contribution in [3.8, 4) is 0 Å². The molecule has 1 saturated heterocycles. The molecule has 7 heteroatoms. The van der Waals surface area contributed by atoms with Gasteiger partial charge in [0, 0.05) is 25.6 Å². The van der Waals surface area contributed by atoms with Gasteiger partial charge in [-0.25, -0.2) is 4.79 Å². The normalized spacial score (nSPS) is 19.5. The van der Waals surface area contributed by atoms with Crippen LogP contribution in [0.2, 0.25) is 0 Å². The second-order valence-electron chi connectivity index (χ2n) is 5.53. The summed E-state index contributed by atoms with van der Waals surface area (Å²) in [6, 6.07) is 0.0517. The van der Waals surface area contributed by atoms with Crippen LogP contribution in [0.3, 0.4) is 0 Å². The number of likely N-dealkylation sites (tertiary alicyclic amines) is 1. The molecule has 3 N–H and O–H groups in total. The van der Waals surface area contributed by atoms with Crippen LogP contribution < -0.4 is 10.6 Å². The molecule has 20 heavy (non-hydrogen) atoms. The molecule has 112 valence electrons. The Bertz CT molecular complexity index is 387. The van der Waals surface area contributed by atoms with Crippen molar-refractivity contribution in [3.05, 3.63) is 0 Å². The summed E-state index contributed by atoms with van der Waals surface area (Å²) in [7, 11) is 0. The lowest BCUT2D eigenvalue weighted by Crippen LogP contribution is -2.47. The van der Waals surface area contributed by atoms with Crippen molar-refractivity contribution in [2.75, 3.05) is 19.6 Å². The van der Waals surface area contributed by atoms with Crippen molar-refractivity contribution in [3.63, 3.8) is 0 Å². The number of rotatable bonds is 5. The minimum atomic E-state index is -0.787. The highest BCUT2D eigenvalue weighted by molar-refractivity contribution is 5.84. The van der Waals surface area contributed by atoms with Gasteiger partial charge in [-0.3, -0.25) is 9.59 Å². The van der Waals surface area contributed by atoms with E-state index in [2.05, 4.69) is 10.6 Å². The van der Waals surface area contributed by atoms with E-state index < -0.39 is 5.97 Å². The van der Waals surface area contributed by atoms with E-state index in [1.807, 2.05) is 0 Å². The van der Waals surface area contributed by atoms with E-state index in [0.29, 0.717) is 32.0 Å². The van der Waals surface area contributed by atoms with Gasteiger partial charge in [0.05, 0.1) is 6.54 Å². The zero-order valence-corrected chi connectivity index (χ0v) is 11.4. The molecule has 0 atom stereocenters. The molecule has 0 aromatic rings. The van der Waals surface area contributed by atoms with Crippen molar-refractivity contribution < 1.29 is 19.5 Å². The molecule has 1 aliphatic heterocycles. The summed E-state index contributed by atoms with van der Waals surface area (Å²) >= 11 is 0. The fourth-order valence-corrected chi connectivity index (χ4v) is 2.36. The van der Waals surface area contributed by atoms with Gasteiger partial charge in [0.15, 0.2) is 0 Å². The fraction of sp³-hybridized carbons (Fsp3) is 0.769. The maximum Gasteiger partial charge on any atom is 0.317 e. The molecule has 0 aromatic carbocycles. The van der Waals surface area contributed by atoms with Crippen LogP contribution in [0.4, 0.5) is 4.79 Å². The first-order valence-electron chi connectivity index (χ1n) is 7.08. The molecule has 3 amide bonds. The largest absolute Gasteiger partial charge is 0.481 e. The summed E-state index contributed by atoms with van der Waals surface area (Å²) in [5.74, 6) is -0.791. The molecule has 7 nitrogen and oxygen atoms in total. The van der Waals surface area contributed by atoms with E-state index in [-0.39, 0.29) is 30.8 Å². The van der Waals surface area contributed by atoms with Gasteiger partial charge in [-0.05, 0) is 31.6 Å².